The van der Waals surface area contributed by atoms with Crippen LogP contribution < -0.4 is 0 Å². The maximum atomic E-state index is 7.00. The molecule has 0 amide bonds. The van der Waals surface area contributed by atoms with Crippen LogP contribution in [0.2, 0.25) is 0 Å². The zero-order chi connectivity index (χ0) is 9.54. The monoisotopic (exact) mass is 286 g/mol. The Morgan fingerprint density at radius 1 is 0.765 bits per heavy atom. The van der Waals surface area contributed by atoms with Crippen LogP contribution in [0.5, 0.6) is 0 Å². The van der Waals surface area contributed by atoms with Crippen LogP contribution in [0.15, 0.2) is 6.08 Å². The van der Waals surface area contributed by atoms with Crippen LogP contribution in [-0.2, 0) is 21.7 Å². The number of aliphatic hydroxyl groups is 3. The summed E-state index contributed by atoms with van der Waals surface area (Å²) in [7, 11) is 3.00. The second-order valence-corrected chi connectivity index (χ2v) is 1.30. The summed E-state index contributed by atoms with van der Waals surface area (Å²) in [6.45, 7) is 0. The summed E-state index contributed by atoms with van der Waals surface area (Å²) in [5.74, 6) is 0. The van der Waals surface area contributed by atoms with Crippen molar-refractivity contribution in [2.45, 2.75) is 19.3 Å². The third kappa shape index (κ3) is 118. The summed E-state index contributed by atoms with van der Waals surface area (Å²) in [4.78, 5) is 0. The van der Waals surface area contributed by atoms with Gasteiger partial charge in [-0.1, -0.05) is 12.8 Å². The summed E-state index contributed by atoms with van der Waals surface area (Å²) in [6.07, 6.45) is 9.00. The van der Waals surface area contributed by atoms with E-state index in [1.54, 1.807) is 0 Å². The molecule has 0 aromatic carbocycles. The molecule has 1 rings (SSSR count). The van der Waals surface area contributed by atoms with Gasteiger partial charge in [-0.2, -0.15) is 6.42 Å². The SMILES string of the molecule is CO.CO.CO.[C-]1=CCCC1.[CH3-].[CH3-].[CH3-].[CH3-].[CH3-].[Ti]. The van der Waals surface area contributed by atoms with Crippen molar-refractivity contribution in [1.29, 1.82) is 0 Å². The first-order valence-electron chi connectivity index (χ1n) is 3.39. The summed E-state index contributed by atoms with van der Waals surface area (Å²) in [5, 5.41) is 21.0. The van der Waals surface area contributed by atoms with Crippen LogP contribution in [-0.4, -0.2) is 36.6 Å². The second-order valence-electron chi connectivity index (χ2n) is 1.30. The minimum Gasteiger partial charge on any atom is -0.501 e. The van der Waals surface area contributed by atoms with Gasteiger partial charge >= 0.3 is 0 Å². The maximum Gasteiger partial charge on any atom is 0.0319 e. The van der Waals surface area contributed by atoms with Gasteiger partial charge in [0, 0.05) is 43.0 Å². The molecule has 114 valence electrons. The predicted molar refractivity (Wildman–Crippen MR) is 78.2 cm³/mol. The fraction of sp³-hybridized carbons (Fsp3) is 0.462. The van der Waals surface area contributed by atoms with Crippen molar-refractivity contribution in [3.63, 3.8) is 0 Å². The van der Waals surface area contributed by atoms with E-state index in [4.69, 9.17) is 15.3 Å². The van der Waals surface area contributed by atoms with Crippen LogP contribution in [0.25, 0.3) is 0 Å². The molecule has 0 heterocycles. The van der Waals surface area contributed by atoms with Gasteiger partial charge in [-0.05, 0) is 0 Å². The van der Waals surface area contributed by atoms with Gasteiger partial charge in [0.15, 0.2) is 0 Å². The molecule has 1 aliphatic rings. The van der Waals surface area contributed by atoms with Gasteiger partial charge in [0.25, 0.3) is 0 Å². The van der Waals surface area contributed by atoms with E-state index < -0.39 is 0 Å². The summed E-state index contributed by atoms with van der Waals surface area (Å²) >= 11 is 0. The molecule has 3 nitrogen and oxygen atoms in total. The van der Waals surface area contributed by atoms with E-state index >= 15 is 0 Å². The topological polar surface area (TPSA) is 60.7 Å². The zero-order valence-corrected chi connectivity index (χ0v) is 14.6. The Balaban J connectivity index is -0.00000000705. The first-order chi connectivity index (χ1) is 5.50. The molecule has 0 radical (unpaired) electrons. The Bertz CT molecular complexity index is 54.6. The second kappa shape index (κ2) is 135. The average molecular weight is 286 g/mol. The number of rotatable bonds is 0. The van der Waals surface area contributed by atoms with Crippen molar-refractivity contribution in [1.82, 2.24) is 0 Å². The smallest absolute Gasteiger partial charge is 0.0319 e. The summed E-state index contributed by atoms with van der Waals surface area (Å²) in [6, 6.07) is 0. The van der Waals surface area contributed by atoms with Gasteiger partial charge in [-0.25, -0.2) is 0 Å². The molecule has 0 aromatic rings. The number of aliphatic hydroxyl groups excluding tert-OH is 3. The van der Waals surface area contributed by atoms with Crippen LogP contribution in [0.4, 0.5) is 0 Å². The largest absolute Gasteiger partial charge is 0.501 e. The third-order valence-electron chi connectivity index (χ3n) is 0.814. The minimum atomic E-state index is 0. The van der Waals surface area contributed by atoms with E-state index in [2.05, 4.69) is 12.2 Å². The first kappa shape index (κ1) is 66.6. The van der Waals surface area contributed by atoms with E-state index in [0.717, 1.165) is 21.3 Å². The molecule has 0 atom stereocenters. The predicted octanol–water partition coefficient (Wildman–Crippen LogP) is 2.60. The van der Waals surface area contributed by atoms with Crippen molar-refractivity contribution in [2.24, 2.45) is 0 Å². The fourth-order valence-electron chi connectivity index (χ4n) is 0.510. The average Bonchev–Trinajstić information content (AvgIpc) is 2.71. The molecular formula is C13H34O3Ti-6. The molecule has 4 heteroatoms. The Kier molecular flexibility index (Phi) is 529. The number of hydrogen-bond acceptors (Lipinski definition) is 3. The Morgan fingerprint density at radius 3 is 1.12 bits per heavy atom. The molecule has 17 heavy (non-hydrogen) atoms. The van der Waals surface area contributed by atoms with Gasteiger partial charge in [0.1, 0.15) is 0 Å². The molecule has 0 fully saturated rings. The van der Waals surface area contributed by atoms with Crippen molar-refractivity contribution in [3.05, 3.63) is 49.3 Å². The standard InChI is InChI=1S/C5H7.3CH4O.5CH3.Ti/c1-2-4-5-3-1;3*1-2;;;;;;/h1H,2,4-5H2;3*2H,1H3;5*1H3;/q-1;;;;5*-1;. The normalized spacial score (nSPS) is 7.18. The minimum absolute atomic E-state index is 0. The molecule has 0 aliphatic heterocycles. The van der Waals surface area contributed by atoms with Gasteiger partial charge in [0.05, 0.1) is 0 Å². The Morgan fingerprint density at radius 2 is 1.06 bits per heavy atom. The molecule has 0 saturated heterocycles. The molecule has 0 spiro atoms. The number of allylic oxidation sites excluding steroid dienone is 2. The first-order valence-corrected chi connectivity index (χ1v) is 3.39. The van der Waals surface area contributed by atoms with E-state index in [-0.39, 0.29) is 58.9 Å². The van der Waals surface area contributed by atoms with Crippen LogP contribution >= 0.6 is 0 Å². The maximum absolute atomic E-state index is 7.00. The van der Waals surface area contributed by atoms with E-state index in [1.165, 1.54) is 19.3 Å². The van der Waals surface area contributed by atoms with Crippen molar-refractivity contribution in [3.8, 4) is 0 Å². The Hall–Kier alpha value is 0.334. The van der Waals surface area contributed by atoms with Crippen molar-refractivity contribution in [2.75, 3.05) is 21.3 Å². The van der Waals surface area contributed by atoms with Gasteiger partial charge in [0.2, 0.25) is 0 Å². The molecule has 1 aliphatic carbocycles. The zero-order valence-electron chi connectivity index (χ0n) is 13.0. The van der Waals surface area contributed by atoms with Gasteiger partial charge in [-0.3, -0.25) is 6.08 Å². The Labute approximate surface area is 127 Å². The van der Waals surface area contributed by atoms with E-state index in [1.807, 2.05) is 0 Å². The third-order valence-corrected chi connectivity index (χ3v) is 0.814. The van der Waals surface area contributed by atoms with Crippen LogP contribution in [0.1, 0.15) is 19.3 Å². The van der Waals surface area contributed by atoms with Crippen LogP contribution in [0, 0.1) is 43.2 Å². The van der Waals surface area contributed by atoms with E-state index in [9.17, 15) is 0 Å². The quantitative estimate of drug-likeness (QED) is 0.474. The fourth-order valence-corrected chi connectivity index (χ4v) is 0.510. The number of hydrogen-bond donors (Lipinski definition) is 3. The molecular weight excluding hydrogens is 252 g/mol. The molecule has 0 bridgehead atoms. The molecule has 3 N–H and O–H groups in total. The van der Waals surface area contributed by atoms with Gasteiger partial charge in [-0.15, -0.1) is 0 Å². The van der Waals surface area contributed by atoms with Crippen LogP contribution in [0.3, 0.4) is 0 Å². The molecule has 0 unspecified atom stereocenters. The van der Waals surface area contributed by atoms with Crippen molar-refractivity contribution < 1.29 is 37.0 Å². The van der Waals surface area contributed by atoms with Crippen molar-refractivity contribution >= 4 is 0 Å². The molecule has 0 saturated carbocycles. The van der Waals surface area contributed by atoms with E-state index in [0.29, 0.717) is 0 Å². The molecule has 0 aromatic heterocycles. The summed E-state index contributed by atoms with van der Waals surface area (Å²) in [5.41, 5.74) is 0. The van der Waals surface area contributed by atoms with Gasteiger partial charge < -0.3 is 58.5 Å². The summed E-state index contributed by atoms with van der Waals surface area (Å²) < 4.78 is 0.